The van der Waals surface area contributed by atoms with Gasteiger partial charge in [-0.25, -0.2) is 0 Å². The van der Waals surface area contributed by atoms with Crippen molar-refractivity contribution in [2.24, 2.45) is 0 Å². The second-order valence-electron chi connectivity index (χ2n) is 6.82. The normalized spacial score (nSPS) is 23.4. The molecular formula is C15H31N3O2. The topological polar surface area (TPSA) is 55.8 Å². The van der Waals surface area contributed by atoms with Gasteiger partial charge in [-0.15, -0.1) is 0 Å². The van der Waals surface area contributed by atoms with Crippen LogP contribution < -0.4 is 5.32 Å². The highest BCUT2D eigenvalue weighted by atomic mass is 16.4. The fraction of sp³-hybridized carbons (Fsp3) is 0.933. The average Bonchev–Trinajstić information content (AvgIpc) is 2.37. The minimum Gasteiger partial charge on any atom is -0.480 e. The molecule has 0 radical (unpaired) electrons. The van der Waals surface area contributed by atoms with Gasteiger partial charge in [-0.05, 0) is 47.2 Å². The van der Waals surface area contributed by atoms with Crippen molar-refractivity contribution < 1.29 is 9.90 Å². The molecule has 1 unspecified atom stereocenters. The number of aliphatic carboxylic acids is 1. The molecule has 1 atom stereocenters. The largest absolute Gasteiger partial charge is 0.480 e. The maximum Gasteiger partial charge on any atom is 0.323 e. The first-order chi connectivity index (χ1) is 9.21. The summed E-state index contributed by atoms with van der Waals surface area (Å²) in [7, 11) is 2.15. The second-order valence-corrected chi connectivity index (χ2v) is 6.82. The van der Waals surface area contributed by atoms with Crippen molar-refractivity contribution in [2.75, 3.05) is 39.8 Å². The lowest BCUT2D eigenvalue weighted by molar-refractivity contribution is -0.144. The minimum absolute atomic E-state index is 0.161. The van der Waals surface area contributed by atoms with Gasteiger partial charge in [0, 0.05) is 31.7 Å². The van der Waals surface area contributed by atoms with Crippen molar-refractivity contribution in [3.63, 3.8) is 0 Å². The summed E-state index contributed by atoms with van der Waals surface area (Å²) in [6, 6.07) is 0. The van der Waals surface area contributed by atoms with E-state index in [4.69, 9.17) is 0 Å². The van der Waals surface area contributed by atoms with Crippen LogP contribution in [0, 0.1) is 0 Å². The summed E-state index contributed by atoms with van der Waals surface area (Å²) in [6.45, 7) is 13.0. The summed E-state index contributed by atoms with van der Waals surface area (Å²) >= 11 is 0. The van der Waals surface area contributed by atoms with Crippen LogP contribution in [0.2, 0.25) is 0 Å². The Kier molecular flexibility index (Phi) is 5.98. The molecule has 1 fully saturated rings. The third-order valence-corrected chi connectivity index (χ3v) is 4.56. The predicted molar refractivity (Wildman–Crippen MR) is 82.1 cm³/mol. The van der Waals surface area contributed by atoms with Crippen LogP contribution in [0.15, 0.2) is 0 Å². The number of rotatable bonds is 7. The van der Waals surface area contributed by atoms with Gasteiger partial charge in [0.25, 0.3) is 0 Å². The van der Waals surface area contributed by atoms with Crippen LogP contribution in [-0.4, -0.2) is 71.7 Å². The Morgan fingerprint density at radius 1 is 1.40 bits per heavy atom. The molecule has 0 aromatic rings. The van der Waals surface area contributed by atoms with Crippen molar-refractivity contribution in [1.82, 2.24) is 15.1 Å². The predicted octanol–water partition coefficient (Wildman–Crippen LogP) is 1.25. The minimum atomic E-state index is -0.816. The summed E-state index contributed by atoms with van der Waals surface area (Å²) in [4.78, 5) is 16.2. The summed E-state index contributed by atoms with van der Waals surface area (Å²) in [5.41, 5.74) is -0.655. The van der Waals surface area contributed by atoms with Gasteiger partial charge in [0.15, 0.2) is 0 Å². The molecule has 0 aliphatic carbocycles. The van der Waals surface area contributed by atoms with Crippen LogP contribution in [0.1, 0.15) is 40.5 Å². The SMILES string of the molecule is CCCNC(C)(CCN1CCN(C)C(C)(C)C1)C(=O)O. The Morgan fingerprint density at radius 2 is 2.05 bits per heavy atom. The molecular weight excluding hydrogens is 254 g/mol. The van der Waals surface area contributed by atoms with Crippen LogP contribution in [0.5, 0.6) is 0 Å². The molecule has 2 N–H and O–H groups in total. The highest BCUT2D eigenvalue weighted by molar-refractivity contribution is 5.78. The van der Waals surface area contributed by atoms with Crippen molar-refractivity contribution in [2.45, 2.75) is 51.6 Å². The maximum absolute atomic E-state index is 11.5. The molecule has 1 aliphatic rings. The number of hydrogen-bond donors (Lipinski definition) is 2. The molecule has 118 valence electrons. The van der Waals surface area contributed by atoms with Gasteiger partial charge >= 0.3 is 5.97 Å². The highest BCUT2D eigenvalue weighted by Gasteiger charge is 2.35. The van der Waals surface area contributed by atoms with Gasteiger partial charge in [0.05, 0.1) is 0 Å². The summed E-state index contributed by atoms with van der Waals surface area (Å²) in [6.07, 6.45) is 1.59. The summed E-state index contributed by atoms with van der Waals surface area (Å²) < 4.78 is 0. The van der Waals surface area contributed by atoms with Gasteiger partial charge in [-0.2, -0.15) is 0 Å². The van der Waals surface area contributed by atoms with Gasteiger partial charge in [0.1, 0.15) is 5.54 Å². The molecule has 0 amide bonds. The Hall–Kier alpha value is -0.650. The van der Waals surface area contributed by atoms with E-state index in [2.05, 4.69) is 42.9 Å². The number of hydrogen-bond acceptors (Lipinski definition) is 4. The molecule has 5 heteroatoms. The number of piperazine rings is 1. The van der Waals surface area contributed by atoms with E-state index in [9.17, 15) is 9.90 Å². The van der Waals surface area contributed by atoms with E-state index >= 15 is 0 Å². The molecule has 0 bridgehead atoms. The van der Waals surface area contributed by atoms with Crippen molar-refractivity contribution in [3.8, 4) is 0 Å². The zero-order valence-electron chi connectivity index (χ0n) is 13.7. The van der Waals surface area contributed by atoms with Gasteiger partial charge < -0.3 is 15.3 Å². The van der Waals surface area contributed by atoms with Gasteiger partial charge in [-0.1, -0.05) is 6.92 Å². The second kappa shape index (κ2) is 6.87. The fourth-order valence-electron chi connectivity index (χ4n) is 2.59. The quantitative estimate of drug-likeness (QED) is 0.737. The zero-order valence-corrected chi connectivity index (χ0v) is 13.7. The maximum atomic E-state index is 11.5. The summed E-state index contributed by atoms with van der Waals surface area (Å²) in [5.74, 6) is -0.751. The Labute approximate surface area is 123 Å². The fourth-order valence-corrected chi connectivity index (χ4v) is 2.59. The number of nitrogens with one attached hydrogen (secondary N) is 1. The lowest BCUT2D eigenvalue weighted by Gasteiger charge is -2.46. The van der Waals surface area contributed by atoms with Crippen LogP contribution in [0.4, 0.5) is 0 Å². The molecule has 1 heterocycles. The number of carboxylic acid groups (broad SMARTS) is 1. The van der Waals surface area contributed by atoms with Crippen LogP contribution >= 0.6 is 0 Å². The van der Waals surface area contributed by atoms with E-state index in [1.54, 1.807) is 6.92 Å². The first-order valence-electron chi connectivity index (χ1n) is 7.63. The Balaban J connectivity index is 2.54. The standard InChI is InChI=1S/C15H31N3O2/c1-6-8-16-15(4,13(19)20)7-9-18-11-10-17(5)14(2,3)12-18/h16H,6-12H2,1-5H3,(H,19,20). The smallest absolute Gasteiger partial charge is 0.323 e. The van der Waals surface area contributed by atoms with Crippen molar-refractivity contribution in [1.29, 1.82) is 0 Å². The first-order valence-corrected chi connectivity index (χ1v) is 7.63. The van der Waals surface area contributed by atoms with E-state index in [-0.39, 0.29) is 5.54 Å². The summed E-state index contributed by atoms with van der Waals surface area (Å²) in [5, 5.41) is 12.6. The Morgan fingerprint density at radius 3 is 2.55 bits per heavy atom. The third kappa shape index (κ3) is 4.43. The number of carbonyl (C=O) groups is 1. The van der Waals surface area contributed by atoms with Crippen molar-refractivity contribution in [3.05, 3.63) is 0 Å². The van der Waals surface area contributed by atoms with E-state index in [1.807, 2.05) is 0 Å². The average molecular weight is 285 g/mol. The van der Waals surface area contributed by atoms with Crippen LogP contribution in [-0.2, 0) is 4.79 Å². The van der Waals surface area contributed by atoms with Gasteiger partial charge in [-0.3, -0.25) is 9.69 Å². The van der Waals surface area contributed by atoms with Crippen LogP contribution in [0.3, 0.4) is 0 Å². The van der Waals surface area contributed by atoms with E-state index in [0.717, 1.165) is 39.1 Å². The lowest BCUT2D eigenvalue weighted by atomic mass is 9.95. The van der Waals surface area contributed by atoms with E-state index < -0.39 is 11.5 Å². The first kappa shape index (κ1) is 17.4. The number of likely N-dealkylation sites (N-methyl/N-ethyl adjacent to an activating group) is 1. The molecule has 1 aliphatic heterocycles. The monoisotopic (exact) mass is 285 g/mol. The molecule has 0 saturated carbocycles. The molecule has 20 heavy (non-hydrogen) atoms. The van der Waals surface area contributed by atoms with E-state index in [0.29, 0.717) is 6.42 Å². The number of nitrogens with zero attached hydrogens (tertiary/aromatic N) is 2. The van der Waals surface area contributed by atoms with Gasteiger partial charge in [0.2, 0.25) is 0 Å². The van der Waals surface area contributed by atoms with E-state index in [1.165, 1.54) is 0 Å². The molecule has 1 rings (SSSR count). The highest BCUT2D eigenvalue weighted by Crippen LogP contribution is 2.20. The molecule has 0 spiro atoms. The lowest BCUT2D eigenvalue weighted by Crippen LogP contribution is -2.59. The molecule has 1 saturated heterocycles. The molecule has 5 nitrogen and oxygen atoms in total. The number of carboxylic acids is 1. The molecule has 0 aromatic heterocycles. The van der Waals surface area contributed by atoms with Crippen LogP contribution in [0.25, 0.3) is 0 Å². The Bertz CT molecular complexity index is 333. The zero-order chi connectivity index (χ0) is 15.4. The third-order valence-electron chi connectivity index (χ3n) is 4.56. The van der Waals surface area contributed by atoms with Crippen molar-refractivity contribution >= 4 is 5.97 Å². The molecule has 0 aromatic carbocycles.